The van der Waals surface area contributed by atoms with Gasteiger partial charge in [-0.15, -0.1) is 0 Å². The number of nitrogens with one attached hydrogen (secondary N) is 1. The highest BCUT2D eigenvalue weighted by atomic mass is 14.7. The van der Waals surface area contributed by atoms with Crippen molar-refractivity contribution in [2.24, 2.45) is 52.1 Å². The molecule has 0 radical (unpaired) electrons. The zero-order valence-electron chi connectivity index (χ0n) is 18.9. The molecular formula is C26H44N2. The van der Waals surface area contributed by atoms with Crippen molar-refractivity contribution in [2.45, 2.75) is 86.0 Å². The molecule has 0 amide bonds. The van der Waals surface area contributed by atoms with Gasteiger partial charge in [-0.2, -0.15) is 0 Å². The topological polar surface area (TPSA) is 49.9 Å². The van der Waals surface area contributed by atoms with Crippen LogP contribution in [0.3, 0.4) is 0 Å². The Morgan fingerprint density at radius 1 is 1.25 bits per heavy atom. The van der Waals surface area contributed by atoms with Gasteiger partial charge < -0.3 is 11.1 Å². The predicted octanol–water partition coefficient (Wildman–Crippen LogP) is 6.97. The Morgan fingerprint density at radius 2 is 2.00 bits per heavy atom. The molecule has 3 fully saturated rings. The van der Waals surface area contributed by atoms with E-state index in [1.165, 1.54) is 38.5 Å². The third kappa shape index (κ3) is 2.84. The lowest BCUT2D eigenvalue weighted by Gasteiger charge is -2.62. The van der Waals surface area contributed by atoms with Crippen molar-refractivity contribution >= 4 is 6.21 Å². The van der Waals surface area contributed by atoms with Crippen molar-refractivity contribution in [1.82, 2.24) is 0 Å². The summed E-state index contributed by atoms with van der Waals surface area (Å²) < 4.78 is 0. The van der Waals surface area contributed by atoms with Gasteiger partial charge in [0.05, 0.1) is 0 Å². The van der Waals surface area contributed by atoms with E-state index in [4.69, 9.17) is 11.1 Å². The molecule has 4 rings (SSSR count). The first-order valence-electron chi connectivity index (χ1n) is 11.9. The lowest BCUT2D eigenvalue weighted by atomic mass is 9.42. The highest BCUT2D eigenvalue weighted by molar-refractivity contribution is 5.77. The van der Waals surface area contributed by atoms with Crippen molar-refractivity contribution in [2.75, 3.05) is 0 Å². The third-order valence-corrected chi connectivity index (χ3v) is 9.84. The number of hydrogen-bond acceptors (Lipinski definition) is 2. The Kier molecular flexibility index (Phi) is 5.08. The van der Waals surface area contributed by atoms with Crippen molar-refractivity contribution in [3.63, 3.8) is 0 Å². The van der Waals surface area contributed by atoms with Crippen LogP contribution in [0.4, 0.5) is 0 Å². The summed E-state index contributed by atoms with van der Waals surface area (Å²) in [5.41, 5.74) is 11.1. The quantitative estimate of drug-likeness (QED) is 0.401. The van der Waals surface area contributed by atoms with E-state index in [-0.39, 0.29) is 1.43 Å². The van der Waals surface area contributed by atoms with E-state index >= 15 is 0 Å². The van der Waals surface area contributed by atoms with Gasteiger partial charge in [-0.25, -0.2) is 0 Å². The number of fused-ring (bicyclic) bond motifs is 5. The lowest BCUT2D eigenvalue weighted by Crippen LogP contribution is -2.56. The number of nitrogens with two attached hydrogens (primary N) is 1. The second kappa shape index (κ2) is 7.03. The summed E-state index contributed by atoms with van der Waals surface area (Å²) in [5.74, 6) is 4.90. The Morgan fingerprint density at radius 3 is 2.64 bits per heavy atom. The van der Waals surface area contributed by atoms with E-state index in [2.05, 4.69) is 40.7 Å². The van der Waals surface area contributed by atoms with Crippen LogP contribution in [-0.2, 0) is 0 Å². The molecule has 0 aromatic rings. The molecular weight excluding hydrogens is 340 g/mol. The van der Waals surface area contributed by atoms with Crippen LogP contribution in [0.15, 0.2) is 22.9 Å². The fourth-order valence-corrected chi connectivity index (χ4v) is 8.55. The highest BCUT2D eigenvalue weighted by Gasteiger charge is 2.61. The zero-order valence-corrected chi connectivity index (χ0v) is 18.9. The van der Waals surface area contributed by atoms with Gasteiger partial charge >= 0.3 is 0 Å². The molecule has 0 aliphatic heterocycles. The third-order valence-electron chi connectivity index (χ3n) is 9.84. The fourth-order valence-electron chi connectivity index (χ4n) is 8.55. The molecule has 4 aliphatic carbocycles. The lowest BCUT2D eigenvalue weighted by molar-refractivity contribution is -0.118. The minimum Gasteiger partial charge on any atom is -0.402 e. The van der Waals surface area contributed by atoms with Gasteiger partial charge in [-0.05, 0) is 110 Å². The minimum absolute atomic E-state index is 0. The molecule has 28 heavy (non-hydrogen) atoms. The first-order valence-corrected chi connectivity index (χ1v) is 11.9. The SMILES string of the molecule is C/C=C1\CCC2C3C(CC(C)C)CC4CC(N)=C(C=N)CC4(C)C3CCC12C.[HH]. The number of allylic oxidation sites excluding steroid dienone is 4. The first kappa shape index (κ1) is 20.2. The van der Waals surface area contributed by atoms with Gasteiger partial charge in [0.1, 0.15) is 0 Å². The van der Waals surface area contributed by atoms with Crippen LogP contribution in [0.5, 0.6) is 0 Å². The summed E-state index contributed by atoms with van der Waals surface area (Å²) in [7, 11) is 0. The maximum Gasteiger partial charge on any atom is 0.0227 e. The molecule has 0 aromatic heterocycles. The van der Waals surface area contributed by atoms with Crippen molar-refractivity contribution < 1.29 is 1.43 Å². The molecule has 2 nitrogen and oxygen atoms in total. The smallest absolute Gasteiger partial charge is 0.0227 e. The van der Waals surface area contributed by atoms with Crippen LogP contribution in [0.1, 0.15) is 87.4 Å². The standard InChI is InChI=1S/C26H42N2.H2/c1-6-19-7-8-21-24-17(11-16(2)3)12-20-13-23(28)18(15-27)14-26(20,5)22(24)9-10-25(19,21)4;/h6,15-17,20-22,24,27H,7-14,28H2,1-5H3;1H/b19-6+,27-15?;. The van der Waals surface area contributed by atoms with Crippen molar-refractivity contribution in [3.8, 4) is 0 Å². The van der Waals surface area contributed by atoms with Crippen LogP contribution < -0.4 is 5.73 Å². The summed E-state index contributed by atoms with van der Waals surface area (Å²) in [6, 6.07) is 0. The normalized spacial score (nSPS) is 47.1. The molecule has 3 N–H and O–H groups in total. The summed E-state index contributed by atoms with van der Waals surface area (Å²) in [5, 5.41) is 7.91. The monoisotopic (exact) mass is 384 g/mol. The van der Waals surface area contributed by atoms with Gasteiger partial charge in [-0.3, -0.25) is 0 Å². The summed E-state index contributed by atoms with van der Waals surface area (Å²) in [6.07, 6.45) is 14.3. The zero-order chi connectivity index (χ0) is 20.3. The largest absolute Gasteiger partial charge is 0.402 e. The van der Waals surface area contributed by atoms with Gasteiger partial charge in [0.25, 0.3) is 0 Å². The molecule has 0 aromatic carbocycles. The van der Waals surface area contributed by atoms with Crippen LogP contribution in [0.2, 0.25) is 0 Å². The molecule has 158 valence electrons. The van der Waals surface area contributed by atoms with Crippen LogP contribution in [-0.4, -0.2) is 6.21 Å². The Balaban J connectivity index is 0.00000240. The van der Waals surface area contributed by atoms with E-state index in [0.29, 0.717) is 16.7 Å². The molecule has 7 unspecified atom stereocenters. The van der Waals surface area contributed by atoms with E-state index in [1.54, 1.807) is 11.8 Å². The minimum atomic E-state index is 0. The Labute approximate surface area is 174 Å². The van der Waals surface area contributed by atoms with Gasteiger partial charge in [0.2, 0.25) is 0 Å². The Bertz CT molecular complexity index is 707. The number of rotatable bonds is 3. The van der Waals surface area contributed by atoms with E-state index in [0.717, 1.165) is 53.7 Å². The molecule has 0 bridgehead atoms. The fraction of sp³-hybridized carbons (Fsp3) is 0.808. The molecule has 4 aliphatic rings. The van der Waals surface area contributed by atoms with E-state index in [9.17, 15) is 0 Å². The highest BCUT2D eigenvalue weighted by Crippen LogP contribution is 2.69. The Hall–Kier alpha value is -1.05. The van der Waals surface area contributed by atoms with Gasteiger partial charge in [0.15, 0.2) is 0 Å². The second-order valence-corrected chi connectivity index (χ2v) is 11.5. The molecule has 0 spiro atoms. The average Bonchev–Trinajstić information content (AvgIpc) is 2.98. The maximum absolute atomic E-state index is 7.91. The number of hydrogen-bond donors (Lipinski definition) is 2. The molecule has 0 saturated heterocycles. The van der Waals surface area contributed by atoms with E-state index in [1.807, 2.05) is 0 Å². The van der Waals surface area contributed by atoms with Gasteiger partial charge in [-0.1, -0.05) is 39.3 Å². The molecule has 2 heteroatoms. The maximum atomic E-state index is 7.91. The molecule has 0 heterocycles. The van der Waals surface area contributed by atoms with Crippen LogP contribution >= 0.6 is 0 Å². The van der Waals surface area contributed by atoms with Crippen molar-refractivity contribution in [1.29, 1.82) is 5.41 Å². The summed E-state index contributed by atoms with van der Waals surface area (Å²) >= 11 is 0. The summed E-state index contributed by atoms with van der Waals surface area (Å²) in [6.45, 7) is 12.3. The van der Waals surface area contributed by atoms with Crippen LogP contribution in [0, 0.1) is 51.7 Å². The van der Waals surface area contributed by atoms with E-state index < -0.39 is 0 Å². The van der Waals surface area contributed by atoms with Crippen LogP contribution in [0.25, 0.3) is 0 Å². The van der Waals surface area contributed by atoms with Gasteiger partial charge in [0, 0.05) is 13.3 Å². The molecule has 7 atom stereocenters. The first-order chi connectivity index (χ1) is 13.2. The average molecular weight is 385 g/mol. The van der Waals surface area contributed by atoms with Crippen molar-refractivity contribution in [3.05, 3.63) is 22.9 Å². The summed E-state index contributed by atoms with van der Waals surface area (Å²) in [4.78, 5) is 0. The second-order valence-electron chi connectivity index (χ2n) is 11.5. The predicted molar refractivity (Wildman–Crippen MR) is 121 cm³/mol. The molecule has 3 saturated carbocycles.